The van der Waals surface area contributed by atoms with E-state index in [2.05, 4.69) is 20.7 Å². The van der Waals surface area contributed by atoms with E-state index in [-0.39, 0.29) is 18.0 Å². The van der Waals surface area contributed by atoms with Crippen molar-refractivity contribution in [1.29, 1.82) is 0 Å². The molecule has 0 radical (unpaired) electrons. The number of aromatic nitrogens is 4. The normalized spacial score (nSPS) is 16.6. The molecular weight excluding hydrogens is 280 g/mol. The van der Waals surface area contributed by atoms with E-state index in [9.17, 15) is 4.79 Å². The third kappa shape index (κ3) is 3.14. The topological polar surface area (TPSA) is 98.7 Å². The number of hydrogen-bond donors (Lipinski definition) is 2. The van der Waals surface area contributed by atoms with Crippen LogP contribution < -0.4 is 11.1 Å². The van der Waals surface area contributed by atoms with Crippen molar-refractivity contribution in [1.82, 2.24) is 25.5 Å². The van der Waals surface area contributed by atoms with Crippen LogP contribution in [0.5, 0.6) is 0 Å². The Balaban J connectivity index is 1.64. The van der Waals surface area contributed by atoms with Gasteiger partial charge in [-0.3, -0.25) is 4.79 Å². The molecule has 2 aromatic rings. The number of hydrogen-bond acceptors (Lipinski definition) is 5. The summed E-state index contributed by atoms with van der Waals surface area (Å²) in [6.45, 7) is 0.528. The monoisotopic (exact) mass is 300 g/mol. The van der Waals surface area contributed by atoms with Crippen molar-refractivity contribution in [3.05, 3.63) is 30.3 Å². The fraction of sp³-hybridized carbons (Fsp3) is 0.467. The van der Waals surface area contributed by atoms with Crippen LogP contribution in [0.1, 0.15) is 25.7 Å². The van der Waals surface area contributed by atoms with Crippen LogP contribution in [0.4, 0.5) is 0 Å². The van der Waals surface area contributed by atoms with Crippen molar-refractivity contribution in [2.24, 2.45) is 5.73 Å². The number of rotatable bonds is 5. The van der Waals surface area contributed by atoms with Gasteiger partial charge in [-0.05, 0) is 18.1 Å². The van der Waals surface area contributed by atoms with Gasteiger partial charge in [-0.15, -0.1) is 10.2 Å². The first-order valence-electron chi connectivity index (χ1n) is 7.55. The highest BCUT2D eigenvalue weighted by Gasteiger charge is 2.33. The molecule has 1 fully saturated rings. The smallest absolute Gasteiger partial charge is 0.244 e. The second-order valence-electron chi connectivity index (χ2n) is 5.75. The standard InChI is InChI=1S/C15H20N6O/c16-11-15(8-4-5-9-15)17-13(22)10-21-19-14(18-20-21)12-6-2-1-3-7-12/h1-3,6-7H,4-5,8-11,16H2,(H,17,22). The molecule has 1 aromatic heterocycles. The summed E-state index contributed by atoms with van der Waals surface area (Å²) in [6.07, 6.45) is 4.10. The zero-order chi connectivity index (χ0) is 15.4. The minimum absolute atomic E-state index is 0.0571. The molecule has 3 rings (SSSR count). The molecule has 1 heterocycles. The minimum Gasteiger partial charge on any atom is -0.348 e. The van der Waals surface area contributed by atoms with Crippen molar-refractivity contribution in [3.8, 4) is 11.4 Å². The molecule has 0 spiro atoms. The van der Waals surface area contributed by atoms with E-state index < -0.39 is 0 Å². The van der Waals surface area contributed by atoms with Crippen LogP contribution >= 0.6 is 0 Å². The zero-order valence-electron chi connectivity index (χ0n) is 12.4. The number of nitrogens with zero attached hydrogens (tertiary/aromatic N) is 4. The van der Waals surface area contributed by atoms with Crippen LogP contribution in [0.3, 0.4) is 0 Å². The number of amides is 1. The molecule has 1 aliphatic carbocycles. The van der Waals surface area contributed by atoms with Crippen LogP contribution in [0.2, 0.25) is 0 Å². The lowest BCUT2D eigenvalue weighted by molar-refractivity contribution is -0.123. The van der Waals surface area contributed by atoms with Crippen molar-refractivity contribution in [2.75, 3.05) is 6.54 Å². The summed E-state index contributed by atoms with van der Waals surface area (Å²) in [6, 6.07) is 9.56. The number of carbonyl (C=O) groups excluding carboxylic acids is 1. The SMILES string of the molecule is NCC1(NC(=O)Cn2nnc(-c3ccccc3)n2)CCCC1. The number of benzene rings is 1. The average molecular weight is 300 g/mol. The van der Waals surface area contributed by atoms with E-state index >= 15 is 0 Å². The highest BCUT2D eigenvalue weighted by atomic mass is 16.2. The van der Waals surface area contributed by atoms with Gasteiger partial charge in [0.2, 0.25) is 11.7 Å². The van der Waals surface area contributed by atoms with Gasteiger partial charge in [0.05, 0.1) is 5.54 Å². The number of tetrazole rings is 1. The van der Waals surface area contributed by atoms with E-state index in [4.69, 9.17) is 5.73 Å². The van der Waals surface area contributed by atoms with Gasteiger partial charge in [-0.1, -0.05) is 43.2 Å². The molecule has 7 nitrogen and oxygen atoms in total. The molecule has 0 atom stereocenters. The molecular formula is C15H20N6O. The molecule has 1 saturated carbocycles. The van der Waals surface area contributed by atoms with Crippen LogP contribution in [-0.2, 0) is 11.3 Å². The molecule has 116 valence electrons. The van der Waals surface area contributed by atoms with E-state index in [0.29, 0.717) is 12.4 Å². The van der Waals surface area contributed by atoms with Crippen molar-refractivity contribution in [3.63, 3.8) is 0 Å². The Morgan fingerprint density at radius 1 is 1.27 bits per heavy atom. The Bertz CT molecular complexity index is 632. The molecule has 3 N–H and O–H groups in total. The van der Waals surface area contributed by atoms with Gasteiger partial charge in [0.25, 0.3) is 0 Å². The Labute approximate surface area is 128 Å². The Morgan fingerprint density at radius 3 is 2.68 bits per heavy atom. The maximum Gasteiger partial charge on any atom is 0.244 e. The second-order valence-corrected chi connectivity index (χ2v) is 5.75. The summed E-state index contributed by atoms with van der Waals surface area (Å²) in [5.74, 6) is 0.396. The predicted octanol–water partition coefficient (Wildman–Crippen LogP) is 0.728. The second kappa shape index (κ2) is 6.23. The van der Waals surface area contributed by atoms with Crippen LogP contribution in [0.25, 0.3) is 11.4 Å². The molecule has 22 heavy (non-hydrogen) atoms. The number of carbonyl (C=O) groups is 1. The maximum atomic E-state index is 12.2. The molecule has 0 unspecified atom stereocenters. The quantitative estimate of drug-likeness (QED) is 0.848. The summed E-state index contributed by atoms with van der Waals surface area (Å²) in [5.41, 5.74) is 6.45. The molecule has 0 saturated heterocycles. The van der Waals surface area contributed by atoms with Gasteiger partial charge >= 0.3 is 0 Å². The number of nitrogens with one attached hydrogen (secondary N) is 1. The largest absolute Gasteiger partial charge is 0.348 e. The van der Waals surface area contributed by atoms with Crippen LogP contribution in [0.15, 0.2) is 30.3 Å². The van der Waals surface area contributed by atoms with Gasteiger partial charge < -0.3 is 11.1 Å². The minimum atomic E-state index is -0.250. The van der Waals surface area contributed by atoms with Gasteiger partial charge in [-0.2, -0.15) is 4.80 Å². The Morgan fingerprint density at radius 2 is 2.00 bits per heavy atom. The fourth-order valence-corrected chi connectivity index (χ4v) is 2.91. The highest BCUT2D eigenvalue weighted by molar-refractivity contribution is 5.76. The molecule has 0 bridgehead atoms. The third-order valence-electron chi connectivity index (χ3n) is 4.13. The number of nitrogens with two attached hydrogens (primary N) is 1. The lowest BCUT2D eigenvalue weighted by atomic mass is 9.98. The summed E-state index contributed by atoms with van der Waals surface area (Å²) in [4.78, 5) is 13.5. The van der Waals surface area contributed by atoms with Crippen molar-refractivity contribution in [2.45, 2.75) is 37.8 Å². The molecule has 1 aromatic carbocycles. The fourth-order valence-electron chi connectivity index (χ4n) is 2.91. The van der Waals surface area contributed by atoms with E-state index in [0.717, 1.165) is 31.2 Å². The highest BCUT2D eigenvalue weighted by Crippen LogP contribution is 2.28. The van der Waals surface area contributed by atoms with Crippen LogP contribution in [-0.4, -0.2) is 38.2 Å². The Hall–Kier alpha value is -2.28. The zero-order valence-corrected chi connectivity index (χ0v) is 12.4. The lowest BCUT2D eigenvalue weighted by Gasteiger charge is -2.28. The maximum absolute atomic E-state index is 12.2. The first-order valence-corrected chi connectivity index (χ1v) is 7.55. The van der Waals surface area contributed by atoms with Gasteiger partial charge in [0.1, 0.15) is 6.54 Å². The molecule has 1 amide bonds. The average Bonchev–Trinajstić information content (AvgIpc) is 3.18. The molecule has 0 aliphatic heterocycles. The van der Waals surface area contributed by atoms with Crippen LogP contribution in [0, 0.1) is 0 Å². The summed E-state index contributed by atoms with van der Waals surface area (Å²) >= 11 is 0. The van der Waals surface area contributed by atoms with Gasteiger partial charge in [0.15, 0.2) is 0 Å². The summed E-state index contributed by atoms with van der Waals surface area (Å²) in [5, 5.41) is 15.2. The van der Waals surface area contributed by atoms with E-state index in [1.807, 2.05) is 30.3 Å². The first kappa shape index (κ1) is 14.6. The van der Waals surface area contributed by atoms with Gasteiger partial charge in [0, 0.05) is 12.1 Å². The third-order valence-corrected chi connectivity index (χ3v) is 4.13. The van der Waals surface area contributed by atoms with Crippen molar-refractivity contribution < 1.29 is 4.79 Å². The molecule has 1 aliphatic rings. The van der Waals surface area contributed by atoms with Gasteiger partial charge in [-0.25, -0.2) is 0 Å². The molecule has 7 heteroatoms. The lowest BCUT2D eigenvalue weighted by Crippen LogP contribution is -2.52. The first-order chi connectivity index (χ1) is 10.7. The van der Waals surface area contributed by atoms with Crippen molar-refractivity contribution >= 4 is 5.91 Å². The predicted molar refractivity (Wildman–Crippen MR) is 81.6 cm³/mol. The van der Waals surface area contributed by atoms with E-state index in [1.165, 1.54) is 4.80 Å². The summed E-state index contributed by atoms with van der Waals surface area (Å²) < 4.78 is 0. The summed E-state index contributed by atoms with van der Waals surface area (Å²) in [7, 11) is 0. The van der Waals surface area contributed by atoms with E-state index in [1.54, 1.807) is 0 Å². The Kier molecular flexibility index (Phi) is 4.15.